The maximum Gasteiger partial charge on any atom is 0.223 e. The third-order valence-corrected chi connectivity index (χ3v) is 3.92. The predicted molar refractivity (Wildman–Crippen MR) is 73.4 cm³/mol. The highest BCUT2D eigenvalue weighted by molar-refractivity contribution is 5.76. The van der Waals surface area contributed by atoms with Crippen LogP contribution >= 0.6 is 0 Å². The number of carbonyl (C=O) groups excluding carboxylic acids is 1. The lowest BCUT2D eigenvalue weighted by molar-refractivity contribution is -0.130. The van der Waals surface area contributed by atoms with E-state index < -0.39 is 0 Å². The van der Waals surface area contributed by atoms with E-state index in [0.29, 0.717) is 25.9 Å². The van der Waals surface area contributed by atoms with E-state index in [-0.39, 0.29) is 18.1 Å². The number of likely N-dealkylation sites (N-methyl/N-ethyl adjacent to an activating group) is 1. The van der Waals surface area contributed by atoms with Gasteiger partial charge in [0.1, 0.15) is 0 Å². The van der Waals surface area contributed by atoms with Crippen molar-refractivity contribution in [3.63, 3.8) is 0 Å². The van der Waals surface area contributed by atoms with Gasteiger partial charge in [0.05, 0.1) is 18.6 Å². The fourth-order valence-electron chi connectivity index (χ4n) is 2.58. The number of carbonyl (C=O) groups is 1. The lowest BCUT2D eigenvalue weighted by Gasteiger charge is -2.35. The number of amides is 1. The Labute approximate surface area is 115 Å². The van der Waals surface area contributed by atoms with Crippen molar-refractivity contribution in [1.29, 1.82) is 5.26 Å². The van der Waals surface area contributed by atoms with E-state index in [0.717, 1.165) is 25.7 Å². The van der Waals surface area contributed by atoms with Gasteiger partial charge in [0.2, 0.25) is 5.91 Å². The van der Waals surface area contributed by atoms with E-state index in [2.05, 4.69) is 4.90 Å². The standard InChI is InChI=1S/C14H25N3O2/c1-16(12-6-3-4-7-13(12)18)11-8-14(19)17(2)10-5-9-15/h12-13,18H,3-8,10-11H2,1-2H3. The van der Waals surface area contributed by atoms with Gasteiger partial charge >= 0.3 is 0 Å². The highest BCUT2D eigenvalue weighted by atomic mass is 16.3. The van der Waals surface area contributed by atoms with Gasteiger partial charge in [0, 0.05) is 32.6 Å². The maximum atomic E-state index is 11.8. The molecule has 5 heteroatoms. The Morgan fingerprint density at radius 3 is 2.63 bits per heavy atom. The van der Waals surface area contributed by atoms with Crippen LogP contribution < -0.4 is 0 Å². The number of hydrogen-bond donors (Lipinski definition) is 1. The van der Waals surface area contributed by atoms with Crippen molar-refractivity contribution in [3.8, 4) is 6.07 Å². The van der Waals surface area contributed by atoms with Crippen LogP contribution in [0.15, 0.2) is 0 Å². The Morgan fingerprint density at radius 1 is 1.32 bits per heavy atom. The summed E-state index contributed by atoms with van der Waals surface area (Å²) in [5.74, 6) is 0.0624. The van der Waals surface area contributed by atoms with Crippen LogP contribution in [0.4, 0.5) is 0 Å². The molecule has 1 saturated carbocycles. The molecule has 1 fully saturated rings. The largest absolute Gasteiger partial charge is 0.391 e. The summed E-state index contributed by atoms with van der Waals surface area (Å²) in [4.78, 5) is 15.5. The summed E-state index contributed by atoms with van der Waals surface area (Å²) < 4.78 is 0. The van der Waals surface area contributed by atoms with E-state index in [4.69, 9.17) is 5.26 Å². The number of aliphatic hydroxyl groups is 1. The van der Waals surface area contributed by atoms with Gasteiger partial charge < -0.3 is 14.9 Å². The van der Waals surface area contributed by atoms with Gasteiger partial charge in [-0.2, -0.15) is 5.26 Å². The third-order valence-electron chi connectivity index (χ3n) is 3.92. The average Bonchev–Trinajstić information content (AvgIpc) is 2.42. The van der Waals surface area contributed by atoms with Gasteiger partial charge in [0.25, 0.3) is 0 Å². The van der Waals surface area contributed by atoms with Crippen LogP contribution in [0.5, 0.6) is 0 Å². The summed E-state index contributed by atoms with van der Waals surface area (Å²) in [6, 6.07) is 2.22. The van der Waals surface area contributed by atoms with E-state index in [9.17, 15) is 9.90 Å². The Hall–Kier alpha value is -1.12. The van der Waals surface area contributed by atoms with Crippen LogP contribution in [0.1, 0.15) is 38.5 Å². The summed E-state index contributed by atoms with van der Waals surface area (Å²) >= 11 is 0. The van der Waals surface area contributed by atoms with Crippen LogP contribution in [0.3, 0.4) is 0 Å². The first-order valence-corrected chi connectivity index (χ1v) is 7.05. The van der Waals surface area contributed by atoms with Gasteiger partial charge in [-0.05, 0) is 19.9 Å². The van der Waals surface area contributed by atoms with Crippen molar-refractivity contribution in [2.45, 2.75) is 50.7 Å². The number of aliphatic hydroxyl groups excluding tert-OH is 1. The van der Waals surface area contributed by atoms with Gasteiger partial charge in [0.15, 0.2) is 0 Å². The Kier molecular flexibility index (Phi) is 6.82. The summed E-state index contributed by atoms with van der Waals surface area (Å²) in [5.41, 5.74) is 0. The third kappa shape index (κ3) is 5.17. The second-order valence-corrected chi connectivity index (χ2v) is 5.37. The van der Waals surface area contributed by atoms with Crippen molar-refractivity contribution < 1.29 is 9.90 Å². The Morgan fingerprint density at radius 2 is 2.00 bits per heavy atom. The first kappa shape index (κ1) is 15.9. The summed E-state index contributed by atoms with van der Waals surface area (Å²) in [5, 5.41) is 18.4. The average molecular weight is 267 g/mol. The molecule has 0 spiro atoms. The first-order valence-electron chi connectivity index (χ1n) is 7.05. The Bertz CT molecular complexity index is 327. The topological polar surface area (TPSA) is 67.6 Å². The van der Waals surface area contributed by atoms with E-state index >= 15 is 0 Å². The summed E-state index contributed by atoms with van der Waals surface area (Å²) in [7, 11) is 3.71. The number of hydrogen-bond acceptors (Lipinski definition) is 4. The van der Waals surface area contributed by atoms with Crippen molar-refractivity contribution in [2.24, 2.45) is 0 Å². The summed E-state index contributed by atoms with van der Waals surface area (Å²) in [6.07, 6.45) is 4.69. The molecule has 19 heavy (non-hydrogen) atoms. The quantitative estimate of drug-likeness (QED) is 0.779. The number of nitriles is 1. The van der Waals surface area contributed by atoms with Crippen molar-refractivity contribution in [3.05, 3.63) is 0 Å². The molecule has 1 aliphatic rings. The zero-order valence-electron chi connectivity index (χ0n) is 12.0. The first-order chi connectivity index (χ1) is 9.06. The highest BCUT2D eigenvalue weighted by Gasteiger charge is 2.26. The molecule has 108 valence electrons. The van der Waals surface area contributed by atoms with Crippen LogP contribution in [-0.4, -0.2) is 60.1 Å². The maximum absolute atomic E-state index is 11.8. The molecule has 1 rings (SSSR count). The summed E-state index contributed by atoms with van der Waals surface area (Å²) in [6.45, 7) is 1.16. The minimum atomic E-state index is -0.259. The molecule has 0 aromatic rings. The molecule has 0 radical (unpaired) electrons. The van der Waals surface area contributed by atoms with Gasteiger partial charge in [-0.3, -0.25) is 4.79 Å². The molecular weight excluding hydrogens is 242 g/mol. The molecule has 0 aromatic carbocycles. The fourth-order valence-corrected chi connectivity index (χ4v) is 2.58. The predicted octanol–water partition coefficient (Wildman–Crippen LogP) is 0.984. The van der Waals surface area contributed by atoms with Crippen LogP contribution in [0.25, 0.3) is 0 Å². The lowest BCUT2D eigenvalue weighted by atomic mass is 9.91. The molecule has 0 heterocycles. The zero-order valence-corrected chi connectivity index (χ0v) is 12.0. The van der Waals surface area contributed by atoms with Crippen molar-refractivity contribution in [1.82, 2.24) is 9.80 Å². The number of rotatable bonds is 6. The molecule has 2 unspecified atom stereocenters. The molecule has 1 aliphatic carbocycles. The van der Waals surface area contributed by atoms with Gasteiger partial charge in [-0.1, -0.05) is 12.8 Å². The molecule has 1 N–H and O–H groups in total. The molecule has 0 saturated heterocycles. The monoisotopic (exact) mass is 267 g/mol. The van der Waals surface area contributed by atoms with Crippen molar-refractivity contribution >= 4 is 5.91 Å². The SMILES string of the molecule is CN(CCC#N)C(=O)CCN(C)C1CCCCC1O. The minimum absolute atomic E-state index is 0.0624. The van der Waals surface area contributed by atoms with Crippen LogP contribution in [-0.2, 0) is 4.79 Å². The second kappa shape index (κ2) is 8.13. The van der Waals surface area contributed by atoms with E-state index in [1.807, 2.05) is 13.1 Å². The van der Waals surface area contributed by atoms with Gasteiger partial charge in [-0.25, -0.2) is 0 Å². The van der Waals surface area contributed by atoms with Gasteiger partial charge in [-0.15, -0.1) is 0 Å². The second-order valence-electron chi connectivity index (χ2n) is 5.37. The number of nitrogens with zero attached hydrogens (tertiary/aromatic N) is 3. The highest BCUT2D eigenvalue weighted by Crippen LogP contribution is 2.22. The zero-order chi connectivity index (χ0) is 14.3. The minimum Gasteiger partial charge on any atom is -0.391 e. The fraction of sp³-hybridized carbons (Fsp3) is 0.857. The molecule has 5 nitrogen and oxygen atoms in total. The normalized spacial score (nSPS) is 23.1. The molecule has 2 atom stereocenters. The van der Waals surface area contributed by atoms with Crippen LogP contribution in [0.2, 0.25) is 0 Å². The van der Waals surface area contributed by atoms with E-state index in [1.54, 1.807) is 11.9 Å². The molecule has 0 bridgehead atoms. The van der Waals surface area contributed by atoms with Crippen LogP contribution in [0, 0.1) is 11.3 Å². The molecule has 0 aromatic heterocycles. The smallest absolute Gasteiger partial charge is 0.223 e. The van der Waals surface area contributed by atoms with E-state index in [1.165, 1.54) is 0 Å². The lowest BCUT2D eigenvalue weighted by Crippen LogP contribution is -2.44. The Balaban J connectivity index is 2.30. The molecule has 0 aliphatic heterocycles. The molecular formula is C14H25N3O2. The molecule has 1 amide bonds. The van der Waals surface area contributed by atoms with Crippen molar-refractivity contribution in [2.75, 3.05) is 27.2 Å².